The van der Waals surface area contributed by atoms with Gasteiger partial charge in [0, 0.05) is 19.1 Å². The van der Waals surface area contributed by atoms with Crippen molar-refractivity contribution in [2.24, 2.45) is 0 Å². The number of ether oxygens (including phenoxy) is 2. The molecule has 1 fully saturated rings. The number of hydrogen-bond acceptors (Lipinski definition) is 5. The predicted octanol–water partition coefficient (Wildman–Crippen LogP) is 1.54. The number of halogens is 1. The molecule has 1 aromatic rings. The monoisotopic (exact) mass is 354 g/mol. The second-order valence-corrected chi connectivity index (χ2v) is 7.25. The Bertz CT molecular complexity index is 674. The summed E-state index contributed by atoms with van der Waals surface area (Å²) in [6.07, 6.45) is 0.693. The number of hydrogen-bond donors (Lipinski definition) is 1. The minimum atomic E-state index is -0.698. The SMILES string of the molecule is CC(C)(C)OC(=O)NC1CCN(C(=O)c2nn3c(c2F)OCC3)CC1. The quantitative estimate of drug-likeness (QED) is 0.871. The van der Waals surface area contributed by atoms with Crippen LogP contribution in [0.4, 0.5) is 9.18 Å². The van der Waals surface area contributed by atoms with Crippen molar-refractivity contribution < 1.29 is 23.5 Å². The van der Waals surface area contributed by atoms with E-state index in [-0.39, 0.29) is 17.6 Å². The molecule has 1 N–H and O–H groups in total. The minimum Gasteiger partial charge on any atom is -0.474 e. The van der Waals surface area contributed by atoms with Crippen LogP contribution in [-0.2, 0) is 11.3 Å². The Balaban J connectivity index is 1.54. The number of piperidine rings is 1. The molecule has 0 atom stereocenters. The van der Waals surface area contributed by atoms with E-state index in [4.69, 9.17) is 9.47 Å². The molecule has 0 radical (unpaired) electrons. The second-order valence-electron chi connectivity index (χ2n) is 7.25. The van der Waals surface area contributed by atoms with Gasteiger partial charge in [0.05, 0.1) is 6.54 Å². The number of nitrogens with zero attached hydrogens (tertiary/aromatic N) is 3. The highest BCUT2D eigenvalue weighted by Crippen LogP contribution is 2.26. The van der Waals surface area contributed by atoms with Gasteiger partial charge in [-0.1, -0.05) is 0 Å². The van der Waals surface area contributed by atoms with Crippen LogP contribution in [0.25, 0.3) is 0 Å². The topological polar surface area (TPSA) is 85.7 Å². The molecule has 8 nitrogen and oxygen atoms in total. The van der Waals surface area contributed by atoms with E-state index in [1.165, 1.54) is 4.68 Å². The van der Waals surface area contributed by atoms with Crippen molar-refractivity contribution in [1.29, 1.82) is 0 Å². The highest BCUT2D eigenvalue weighted by atomic mass is 19.1. The number of aromatic nitrogens is 2. The average molecular weight is 354 g/mol. The molecule has 0 aromatic carbocycles. The maximum atomic E-state index is 14.2. The lowest BCUT2D eigenvalue weighted by Gasteiger charge is -2.32. The van der Waals surface area contributed by atoms with E-state index >= 15 is 0 Å². The molecule has 138 valence electrons. The summed E-state index contributed by atoms with van der Waals surface area (Å²) in [7, 11) is 0. The fourth-order valence-corrected chi connectivity index (χ4v) is 2.93. The van der Waals surface area contributed by atoms with Gasteiger partial charge in [-0.3, -0.25) is 4.79 Å². The molecule has 0 spiro atoms. The minimum absolute atomic E-state index is 0.0322. The molecule has 3 rings (SSSR count). The van der Waals surface area contributed by atoms with Crippen LogP contribution in [0.5, 0.6) is 5.88 Å². The zero-order chi connectivity index (χ0) is 18.2. The van der Waals surface area contributed by atoms with Crippen molar-refractivity contribution in [2.45, 2.75) is 51.8 Å². The third kappa shape index (κ3) is 3.85. The summed E-state index contributed by atoms with van der Waals surface area (Å²) in [5.41, 5.74) is -0.754. The first-order valence-corrected chi connectivity index (χ1v) is 8.42. The van der Waals surface area contributed by atoms with E-state index < -0.39 is 23.4 Å². The average Bonchev–Trinajstić information content (AvgIpc) is 3.09. The van der Waals surface area contributed by atoms with Crippen LogP contribution < -0.4 is 10.1 Å². The van der Waals surface area contributed by atoms with Gasteiger partial charge in [0.25, 0.3) is 5.91 Å². The van der Waals surface area contributed by atoms with Crippen molar-refractivity contribution in [3.05, 3.63) is 11.5 Å². The Morgan fingerprint density at radius 2 is 1.96 bits per heavy atom. The van der Waals surface area contributed by atoms with Crippen LogP contribution in [-0.4, -0.2) is 58.0 Å². The van der Waals surface area contributed by atoms with E-state index in [9.17, 15) is 14.0 Å². The number of fused-ring (bicyclic) bond motifs is 1. The molecular weight excluding hydrogens is 331 g/mol. The lowest BCUT2D eigenvalue weighted by Crippen LogP contribution is -2.47. The van der Waals surface area contributed by atoms with Gasteiger partial charge in [0.2, 0.25) is 11.7 Å². The Hall–Kier alpha value is -2.32. The summed E-state index contributed by atoms with van der Waals surface area (Å²) in [5, 5.41) is 6.81. The van der Waals surface area contributed by atoms with E-state index in [0.29, 0.717) is 39.1 Å². The van der Waals surface area contributed by atoms with Crippen molar-refractivity contribution >= 4 is 12.0 Å². The molecule has 0 saturated carbocycles. The molecule has 3 heterocycles. The van der Waals surface area contributed by atoms with Crippen molar-refractivity contribution in [3.8, 4) is 5.88 Å². The van der Waals surface area contributed by atoms with E-state index in [1.807, 2.05) is 0 Å². The molecule has 9 heteroatoms. The predicted molar refractivity (Wildman–Crippen MR) is 86.0 cm³/mol. The van der Waals surface area contributed by atoms with Crippen LogP contribution in [0.15, 0.2) is 0 Å². The van der Waals surface area contributed by atoms with Gasteiger partial charge in [-0.25, -0.2) is 9.48 Å². The molecular formula is C16H23FN4O4. The smallest absolute Gasteiger partial charge is 0.407 e. The van der Waals surface area contributed by atoms with Gasteiger partial charge < -0.3 is 19.7 Å². The van der Waals surface area contributed by atoms with Gasteiger partial charge >= 0.3 is 6.09 Å². The van der Waals surface area contributed by atoms with E-state index in [2.05, 4.69) is 10.4 Å². The number of carbonyl (C=O) groups is 2. The second kappa shape index (κ2) is 6.53. The van der Waals surface area contributed by atoms with Gasteiger partial charge in [-0.2, -0.15) is 9.49 Å². The number of nitrogens with one attached hydrogen (secondary N) is 1. The maximum absolute atomic E-state index is 14.2. The Morgan fingerprint density at radius 1 is 1.28 bits per heavy atom. The number of alkyl carbamates (subject to hydrolysis) is 1. The number of amides is 2. The fourth-order valence-electron chi connectivity index (χ4n) is 2.93. The number of carbonyl (C=O) groups excluding carboxylic acids is 2. The van der Waals surface area contributed by atoms with Crippen molar-refractivity contribution in [1.82, 2.24) is 20.0 Å². The summed E-state index contributed by atoms with van der Waals surface area (Å²) >= 11 is 0. The van der Waals surface area contributed by atoms with Gasteiger partial charge in [0.1, 0.15) is 12.2 Å². The largest absolute Gasteiger partial charge is 0.474 e. The van der Waals surface area contributed by atoms with Gasteiger partial charge in [-0.15, -0.1) is 0 Å². The molecule has 0 bridgehead atoms. The lowest BCUT2D eigenvalue weighted by atomic mass is 10.0. The summed E-state index contributed by atoms with van der Waals surface area (Å²) in [6, 6.07) is -0.0703. The zero-order valence-corrected chi connectivity index (χ0v) is 14.7. The molecule has 2 amide bonds. The first-order valence-electron chi connectivity index (χ1n) is 8.42. The van der Waals surface area contributed by atoms with Crippen molar-refractivity contribution in [2.75, 3.05) is 19.7 Å². The normalized spacial score (nSPS) is 17.8. The molecule has 1 aromatic heterocycles. The molecule has 25 heavy (non-hydrogen) atoms. The van der Waals surface area contributed by atoms with E-state index in [1.54, 1.807) is 25.7 Å². The first kappa shape index (κ1) is 17.5. The summed E-state index contributed by atoms with van der Waals surface area (Å²) in [6.45, 7) is 7.05. The van der Waals surface area contributed by atoms with Crippen LogP contribution in [0.1, 0.15) is 44.1 Å². The van der Waals surface area contributed by atoms with Crippen LogP contribution in [0, 0.1) is 5.82 Å². The highest BCUT2D eigenvalue weighted by molar-refractivity contribution is 5.93. The standard InChI is InChI=1S/C16H23FN4O4/c1-16(2,3)25-15(23)18-10-4-6-20(7-5-10)13(22)12-11(17)14-21(19-12)8-9-24-14/h10H,4-9H2,1-3H3,(H,18,23). The van der Waals surface area contributed by atoms with Gasteiger partial charge in [0.15, 0.2) is 5.69 Å². The van der Waals surface area contributed by atoms with Crippen LogP contribution >= 0.6 is 0 Å². The van der Waals surface area contributed by atoms with Crippen LogP contribution in [0.3, 0.4) is 0 Å². The molecule has 0 unspecified atom stereocenters. The third-order valence-electron chi connectivity index (χ3n) is 4.10. The molecule has 2 aliphatic rings. The number of rotatable bonds is 2. The Kier molecular flexibility index (Phi) is 4.57. The van der Waals surface area contributed by atoms with Crippen molar-refractivity contribution in [3.63, 3.8) is 0 Å². The summed E-state index contributed by atoms with van der Waals surface area (Å²) in [5.74, 6) is -1.11. The first-order chi connectivity index (χ1) is 11.7. The Labute approximate surface area is 145 Å². The highest BCUT2D eigenvalue weighted by Gasteiger charge is 2.32. The third-order valence-corrected chi connectivity index (χ3v) is 4.10. The maximum Gasteiger partial charge on any atom is 0.407 e. The zero-order valence-electron chi connectivity index (χ0n) is 14.7. The molecule has 2 aliphatic heterocycles. The number of likely N-dealkylation sites (tertiary alicyclic amines) is 1. The molecule has 0 aliphatic carbocycles. The van der Waals surface area contributed by atoms with Crippen LogP contribution in [0.2, 0.25) is 0 Å². The lowest BCUT2D eigenvalue weighted by molar-refractivity contribution is 0.0472. The van der Waals surface area contributed by atoms with E-state index in [0.717, 1.165) is 0 Å². The Morgan fingerprint density at radius 3 is 2.56 bits per heavy atom. The summed E-state index contributed by atoms with van der Waals surface area (Å²) in [4.78, 5) is 25.8. The fraction of sp³-hybridized carbons (Fsp3) is 0.688. The molecule has 1 saturated heterocycles. The summed E-state index contributed by atoms with van der Waals surface area (Å²) < 4.78 is 26.0. The van der Waals surface area contributed by atoms with Gasteiger partial charge in [-0.05, 0) is 33.6 Å².